The summed E-state index contributed by atoms with van der Waals surface area (Å²) >= 11 is 0. The summed E-state index contributed by atoms with van der Waals surface area (Å²) < 4.78 is 0. The highest BCUT2D eigenvalue weighted by Crippen LogP contribution is 2.19. The van der Waals surface area contributed by atoms with Crippen LogP contribution in [0.2, 0.25) is 0 Å². The third-order valence-electron chi connectivity index (χ3n) is 2.15. The molecule has 1 aliphatic rings. The third kappa shape index (κ3) is 1.58. The summed E-state index contributed by atoms with van der Waals surface area (Å²) in [5.41, 5.74) is 0.145. The van der Waals surface area contributed by atoms with Gasteiger partial charge in [-0.1, -0.05) is 12.1 Å². The molecule has 0 atom stereocenters. The van der Waals surface area contributed by atoms with E-state index in [1.165, 1.54) is 24.3 Å². The van der Waals surface area contributed by atoms with Crippen molar-refractivity contribution in [2.45, 2.75) is 0 Å². The van der Waals surface area contributed by atoms with Gasteiger partial charge in [-0.05, 0) is 17.7 Å². The number of aromatic carboxylic acids is 1. The molecular formula is C11H6NO4-. The van der Waals surface area contributed by atoms with E-state index >= 15 is 0 Å². The quantitative estimate of drug-likeness (QED) is 0.623. The average molecular weight is 216 g/mol. The zero-order chi connectivity index (χ0) is 11.7. The van der Waals surface area contributed by atoms with Crippen LogP contribution < -0.4 is 10.0 Å². The van der Waals surface area contributed by atoms with Gasteiger partial charge in [-0.3, -0.25) is 9.59 Å². The number of carbonyl (C=O) groups is 3. The van der Waals surface area contributed by atoms with Crippen molar-refractivity contribution in [3.63, 3.8) is 0 Å². The molecule has 5 nitrogen and oxygen atoms in total. The second-order valence-electron chi connectivity index (χ2n) is 3.18. The fourth-order valence-corrected chi connectivity index (χ4v) is 1.43. The van der Waals surface area contributed by atoms with Gasteiger partial charge in [0.25, 0.3) is 11.8 Å². The van der Waals surface area contributed by atoms with E-state index in [0.29, 0.717) is 0 Å². The lowest BCUT2D eigenvalue weighted by atomic mass is 10.2. The Balaban J connectivity index is 2.41. The molecule has 1 heterocycles. The van der Waals surface area contributed by atoms with Crippen molar-refractivity contribution in [2.75, 3.05) is 4.90 Å². The highest BCUT2D eigenvalue weighted by Gasteiger charge is 2.24. The zero-order valence-corrected chi connectivity index (χ0v) is 8.04. The van der Waals surface area contributed by atoms with Crippen LogP contribution in [0, 0.1) is 0 Å². The van der Waals surface area contributed by atoms with Gasteiger partial charge in [0.1, 0.15) is 0 Å². The number of amides is 2. The molecular weight excluding hydrogens is 210 g/mol. The SMILES string of the molecule is O=C([O-])c1cccc(N2C(=O)C=CC2=O)c1. The van der Waals surface area contributed by atoms with Gasteiger partial charge < -0.3 is 9.90 Å². The van der Waals surface area contributed by atoms with Crippen molar-refractivity contribution >= 4 is 23.5 Å². The summed E-state index contributed by atoms with van der Waals surface area (Å²) in [5.74, 6) is -2.32. The maximum atomic E-state index is 11.3. The lowest BCUT2D eigenvalue weighted by molar-refractivity contribution is -0.255. The Morgan fingerprint density at radius 3 is 2.31 bits per heavy atom. The van der Waals surface area contributed by atoms with Gasteiger partial charge in [0.2, 0.25) is 0 Å². The van der Waals surface area contributed by atoms with Gasteiger partial charge in [-0.25, -0.2) is 4.90 Å². The first-order valence-corrected chi connectivity index (χ1v) is 4.47. The summed E-state index contributed by atoms with van der Waals surface area (Å²) in [4.78, 5) is 34.2. The lowest BCUT2D eigenvalue weighted by Crippen LogP contribution is -2.30. The Bertz CT molecular complexity index is 500. The standard InChI is InChI=1S/C11H7NO4/c13-9-4-5-10(14)12(9)8-3-1-2-7(6-8)11(15)16/h1-6H,(H,15,16)/p-1. The van der Waals surface area contributed by atoms with Crippen LogP contribution in [0.1, 0.15) is 10.4 Å². The molecule has 0 bridgehead atoms. The summed E-state index contributed by atoms with van der Waals surface area (Å²) in [5, 5.41) is 10.6. The molecule has 1 aliphatic heterocycles. The molecule has 0 unspecified atom stereocenters. The molecule has 0 aliphatic carbocycles. The van der Waals surface area contributed by atoms with E-state index in [1.807, 2.05) is 0 Å². The van der Waals surface area contributed by atoms with Crippen molar-refractivity contribution in [2.24, 2.45) is 0 Å². The second-order valence-corrected chi connectivity index (χ2v) is 3.18. The van der Waals surface area contributed by atoms with Crippen LogP contribution in [0.15, 0.2) is 36.4 Å². The summed E-state index contributed by atoms with van der Waals surface area (Å²) in [7, 11) is 0. The lowest BCUT2D eigenvalue weighted by Gasteiger charge is -2.14. The normalized spacial score (nSPS) is 14.6. The van der Waals surface area contributed by atoms with E-state index in [9.17, 15) is 19.5 Å². The first-order valence-electron chi connectivity index (χ1n) is 4.47. The fourth-order valence-electron chi connectivity index (χ4n) is 1.43. The molecule has 0 N–H and O–H groups in total. The van der Waals surface area contributed by atoms with Gasteiger partial charge in [-0.15, -0.1) is 0 Å². The van der Waals surface area contributed by atoms with E-state index in [2.05, 4.69) is 0 Å². The molecule has 1 aromatic rings. The van der Waals surface area contributed by atoms with E-state index in [0.717, 1.165) is 17.1 Å². The van der Waals surface area contributed by atoms with Crippen molar-refractivity contribution in [1.82, 2.24) is 0 Å². The largest absolute Gasteiger partial charge is 0.545 e. The van der Waals surface area contributed by atoms with Gasteiger partial charge in [-0.2, -0.15) is 0 Å². The minimum absolute atomic E-state index is 0.0787. The molecule has 80 valence electrons. The van der Waals surface area contributed by atoms with Gasteiger partial charge in [0.15, 0.2) is 0 Å². The number of rotatable bonds is 2. The first kappa shape index (κ1) is 10.1. The van der Waals surface area contributed by atoms with Crippen LogP contribution in [0.4, 0.5) is 5.69 Å². The molecule has 0 fully saturated rings. The van der Waals surface area contributed by atoms with Crippen LogP contribution in [0.3, 0.4) is 0 Å². The topological polar surface area (TPSA) is 77.5 Å². The molecule has 1 aromatic carbocycles. The number of imide groups is 1. The van der Waals surface area contributed by atoms with Crippen LogP contribution in [-0.2, 0) is 9.59 Å². The Morgan fingerprint density at radius 2 is 1.75 bits per heavy atom. The van der Waals surface area contributed by atoms with E-state index in [1.54, 1.807) is 0 Å². The Hall–Kier alpha value is -2.43. The highest BCUT2D eigenvalue weighted by atomic mass is 16.4. The van der Waals surface area contributed by atoms with Gasteiger partial charge in [0, 0.05) is 12.2 Å². The van der Waals surface area contributed by atoms with Crippen molar-refractivity contribution in [1.29, 1.82) is 0 Å². The molecule has 5 heteroatoms. The number of hydrogen-bond acceptors (Lipinski definition) is 4. The van der Waals surface area contributed by atoms with E-state index < -0.39 is 17.8 Å². The van der Waals surface area contributed by atoms with Gasteiger partial charge >= 0.3 is 0 Å². The predicted molar refractivity (Wildman–Crippen MR) is 52.4 cm³/mol. The highest BCUT2D eigenvalue weighted by molar-refractivity contribution is 6.28. The van der Waals surface area contributed by atoms with E-state index in [4.69, 9.17) is 0 Å². The maximum absolute atomic E-state index is 11.3. The number of nitrogens with zero attached hydrogens (tertiary/aromatic N) is 1. The third-order valence-corrected chi connectivity index (χ3v) is 2.15. The zero-order valence-electron chi connectivity index (χ0n) is 8.04. The minimum atomic E-state index is -1.35. The van der Waals surface area contributed by atoms with E-state index in [-0.39, 0.29) is 11.3 Å². The molecule has 2 rings (SSSR count). The molecule has 16 heavy (non-hydrogen) atoms. The average Bonchev–Trinajstić information content (AvgIpc) is 2.59. The van der Waals surface area contributed by atoms with Crippen LogP contribution in [0.5, 0.6) is 0 Å². The number of benzene rings is 1. The minimum Gasteiger partial charge on any atom is -0.545 e. The van der Waals surface area contributed by atoms with Crippen molar-refractivity contribution < 1.29 is 19.5 Å². The predicted octanol–water partition coefficient (Wildman–Crippen LogP) is -0.521. The number of anilines is 1. The summed E-state index contributed by atoms with van der Waals surface area (Å²) in [6.07, 6.45) is 2.27. The van der Waals surface area contributed by atoms with Crippen LogP contribution in [-0.4, -0.2) is 17.8 Å². The first-order chi connectivity index (χ1) is 7.59. The Labute approximate surface area is 90.6 Å². The smallest absolute Gasteiger partial charge is 0.258 e. The summed E-state index contributed by atoms with van der Waals surface area (Å²) in [6.45, 7) is 0. The molecule has 0 spiro atoms. The molecule has 0 saturated heterocycles. The van der Waals surface area contributed by atoms with Crippen molar-refractivity contribution in [3.8, 4) is 0 Å². The fraction of sp³-hybridized carbons (Fsp3) is 0. The van der Waals surface area contributed by atoms with Crippen LogP contribution >= 0.6 is 0 Å². The van der Waals surface area contributed by atoms with Crippen LogP contribution in [0.25, 0.3) is 0 Å². The number of carboxylic acid groups (broad SMARTS) is 1. The monoisotopic (exact) mass is 216 g/mol. The van der Waals surface area contributed by atoms with Crippen molar-refractivity contribution in [3.05, 3.63) is 42.0 Å². The Kier molecular flexibility index (Phi) is 2.28. The number of hydrogen-bond donors (Lipinski definition) is 0. The van der Waals surface area contributed by atoms with Gasteiger partial charge in [0.05, 0.1) is 11.7 Å². The number of carboxylic acids is 1. The second kappa shape index (κ2) is 3.62. The molecule has 0 aromatic heterocycles. The molecule has 0 saturated carbocycles. The maximum Gasteiger partial charge on any atom is 0.258 e. The number of carbonyl (C=O) groups excluding carboxylic acids is 3. The molecule has 0 radical (unpaired) electrons. The molecule has 2 amide bonds. The summed E-state index contributed by atoms with van der Waals surface area (Å²) in [6, 6.07) is 5.48. The Morgan fingerprint density at radius 1 is 1.12 bits per heavy atom.